The number of hydrogen-bond donors (Lipinski definition) is 0. The van der Waals surface area contributed by atoms with Crippen LogP contribution in [0.2, 0.25) is 0 Å². The predicted molar refractivity (Wildman–Crippen MR) is 196 cm³/mol. The summed E-state index contributed by atoms with van der Waals surface area (Å²) in [5.74, 6) is 0. The predicted octanol–water partition coefficient (Wildman–Crippen LogP) is 10.8. The van der Waals surface area contributed by atoms with Gasteiger partial charge in [0.25, 0.3) is 0 Å². The van der Waals surface area contributed by atoms with Crippen molar-refractivity contribution in [3.63, 3.8) is 0 Å². The first kappa shape index (κ1) is 25.7. The lowest BCUT2D eigenvalue weighted by atomic mass is 9.95. The molecule has 46 heavy (non-hydrogen) atoms. The van der Waals surface area contributed by atoms with Crippen LogP contribution in [0.25, 0.3) is 71.5 Å². The summed E-state index contributed by atoms with van der Waals surface area (Å²) in [6, 6.07) is 41.8. The van der Waals surface area contributed by atoms with Crippen molar-refractivity contribution in [3.8, 4) is 0 Å². The van der Waals surface area contributed by atoms with Crippen LogP contribution < -0.4 is 10.1 Å². The highest BCUT2D eigenvalue weighted by Crippen LogP contribution is 2.41. The van der Waals surface area contributed by atoms with Gasteiger partial charge in [0, 0.05) is 53.8 Å². The molecule has 5 aromatic carbocycles. The lowest BCUT2D eigenvalue weighted by Gasteiger charge is -2.34. The third kappa shape index (κ3) is 3.65. The van der Waals surface area contributed by atoms with Gasteiger partial charge < -0.3 is 13.7 Å². The van der Waals surface area contributed by atoms with Crippen molar-refractivity contribution in [1.82, 2.24) is 4.40 Å². The number of anilines is 2. The third-order valence-corrected chi connectivity index (χ3v) is 10.8. The van der Waals surface area contributed by atoms with Gasteiger partial charge in [0.2, 0.25) is 0 Å². The van der Waals surface area contributed by atoms with E-state index in [9.17, 15) is 0 Å². The zero-order valence-electron chi connectivity index (χ0n) is 25.0. The van der Waals surface area contributed by atoms with Gasteiger partial charge in [-0.05, 0) is 78.0 Å². The normalized spacial score (nSPS) is 15.2. The van der Waals surface area contributed by atoms with Crippen LogP contribution in [-0.4, -0.2) is 10.4 Å². The van der Waals surface area contributed by atoms with Gasteiger partial charge in [-0.2, -0.15) is 0 Å². The fraction of sp³-hybridized carbons (Fsp3) is 0.0476. The molecular weight excluding hydrogens is 581 g/mol. The quantitative estimate of drug-likeness (QED) is 0.198. The Morgan fingerprint density at radius 3 is 2.43 bits per heavy atom. The summed E-state index contributed by atoms with van der Waals surface area (Å²) in [6.07, 6.45) is 9.68. The molecule has 0 bridgehead atoms. The molecule has 0 aliphatic heterocycles. The second-order valence-corrected chi connectivity index (χ2v) is 13.2. The Morgan fingerprint density at radius 2 is 1.50 bits per heavy atom. The Labute approximate surface area is 269 Å². The standard InChI is InChI=1S/C42H28N2OS/c1-2-9-30-34-23-27(17-20-37(34)44-36-13-6-3-10-26(36)22-38(30)44)43(28-18-21-42-35(24-28)33-12-5-8-15-41(33)46-42)29-16-19-32-31-11-4-7-14-39(31)45-40(32)25-29/h2-23,25,28H,1,24H2/b30-9-. The number of thiophene rings is 1. The maximum Gasteiger partial charge on any atom is 0.137 e. The molecular formula is C42H28N2OS. The molecule has 9 aromatic rings. The van der Waals surface area contributed by atoms with E-state index in [-0.39, 0.29) is 6.04 Å². The van der Waals surface area contributed by atoms with E-state index in [2.05, 4.69) is 137 Å². The highest BCUT2D eigenvalue weighted by atomic mass is 32.1. The van der Waals surface area contributed by atoms with E-state index in [4.69, 9.17) is 4.42 Å². The molecule has 0 spiro atoms. The van der Waals surface area contributed by atoms with E-state index in [1.54, 1.807) is 0 Å². The number of hydrogen-bond acceptors (Lipinski definition) is 3. The molecule has 4 aromatic heterocycles. The first-order valence-corrected chi connectivity index (χ1v) is 16.5. The van der Waals surface area contributed by atoms with E-state index < -0.39 is 0 Å². The largest absolute Gasteiger partial charge is 0.456 e. The molecule has 4 heteroatoms. The summed E-state index contributed by atoms with van der Waals surface area (Å²) in [5.41, 5.74) is 9.14. The summed E-state index contributed by atoms with van der Waals surface area (Å²) >= 11 is 1.89. The van der Waals surface area contributed by atoms with Crippen LogP contribution in [-0.2, 0) is 6.42 Å². The fourth-order valence-corrected chi connectivity index (χ4v) is 8.79. The molecule has 218 valence electrons. The van der Waals surface area contributed by atoms with Crippen molar-refractivity contribution in [2.45, 2.75) is 12.5 Å². The van der Waals surface area contributed by atoms with Crippen molar-refractivity contribution in [3.05, 3.63) is 150 Å². The third-order valence-electron chi connectivity index (χ3n) is 9.65. The number of nitrogens with zero attached hydrogens (tertiary/aromatic N) is 2. The van der Waals surface area contributed by atoms with Crippen molar-refractivity contribution < 1.29 is 4.42 Å². The summed E-state index contributed by atoms with van der Waals surface area (Å²) < 4.78 is 10.1. The van der Waals surface area contributed by atoms with Gasteiger partial charge in [-0.1, -0.05) is 79.4 Å². The molecule has 4 heterocycles. The van der Waals surface area contributed by atoms with Crippen molar-refractivity contribution in [1.29, 1.82) is 0 Å². The van der Waals surface area contributed by atoms with E-state index in [0.717, 1.165) is 39.7 Å². The van der Waals surface area contributed by atoms with Crippen LogP contribution in [0.5, 0.6) is 0 Å². The minimum atomic E-state index is 0.123. The Morgan fingerprint density at radius 1 is 0.717 bits per heavy atom. The number of aromatic nitrogens is 1. The van der Waals surface area contributed by atoms with Crippen LogP contribution in [0.1, 0.15) is 10.4 Å². The first-order chi connectivity index (χ1) is 22.7. The zero-order chi connectivity index (χ0) is 30.4. The summed E-state index contributed by atoms with van der Waals surface area (Å²) in [7, 11) is 0. The maximum absolute atomic E-state index is 6.40. The highest BCUT2D eigenvalue weighted by molar-refractivity contribution is 7.20. The number of rotatable bonds is 4. The lowest BCUT2D eigenvalue weighted by molar-refractivity contribution is 0.668. The van der Waals surface area contributed by atoms with Crippen molar-refractivity contribution in [2.75, 3.05) is 4.90 Å². The van der Waals surface area contributed by atoms with E-state index in [1.165, 1.54) is 53.1 Å². The zero-order valence-corrected chi connectivity index (χ0v) is 25.8. The smallest absolute Gasteiger partial charge is 0.137 e. The summed E-state index contributed by atoms with van der Waals surface area (Å²) in [6.45, 7) is 4.08. The number of benzene rings is 5. The van der Waals surface area contributed by atoms with E-state index >= 15 is 0 Å². The van der Waals surface area contributed by atoms with Crippen LogP contribution >= 0.6 is 11.3 Å². The number of furan rings is 1. The maximum atomic E-state index is 6.40. The molecule has 10 rings (SSSR count). The van der Waals surface area contributed by atoms with Gasteiger partial charge in [0.05, 0.1) is 22.6 Å². The fourth-order valence-electron chi connectivity index (χ4n) is 7.64. The van der Waals surface area contributed by atoms with E-state index in [0.29, 0.717) is 0 Å². The molecule has 0 N–H and O–H groups in total. The molecule has 1 aliphatic carbocycles. The molecule has 0 radical (unpaired) electrons. The van der Waals surface area contributed by atoms with Gasteiger partial charge in [0.1, 0.15) is 11.2 Å². The van der Waals surface area contributed by atoms with E-state index in [1.807, 2.05) is 29.5 Å². The molecule has 1 atom stereocenters. The lowest BCUT2D eigenvalue weighted by Crippen LogP contribution is -2.32. The van der Waals surface area contributed by atoms with Crippen LogP contribution in [0.15, 0.2) is 138 Å². The first-order valence-electron chi connectivity index (χ1n) is 15.7. The number of fused-ring (bicyclic) bond motifs is 11. The Hall–Kier alpha value is -5.58. The SMILES string of the molecule is C=C/C=c1/c2cc(N(c3ccc4c(c3)oc3ccccc34)C3C=Cc4sc5ccccc5c4C3)ccc2n2c1cc1ccccc12. The Balaban J connectivity index is 1.20. The van der Waals surface area contributed by atoms with Crippen LogP contribution in [0, 0.1) is 0 Å². The van der Waals surface area contributed by atoms with Crippen molar-refractivity contribution in [2.24, 2.45) is 0 Å². The molecule has 0 fully saturated rings. The summed E-state index contributed by atoms with van der Waals surface area (Å²) in [4.78, 5) is 3.86. The number of para-hydroxylation sites is 2. The van der Waals surface area contributed by atoms with Crippen molar-refractivity contribution >= 4 is 94.2 Å². The van der Waals surface area contributed by atoms with Gasteiger partial charge >= 0.3 is 0 Å². The Kier molecular flexibility index (Phi) is 5.43. The average Bonchev–Trinajstić information content (AvgIpc) is 3.84. The topological polar surface area (TPSA) is 20.8 Å². The molecule has 1 unspecified atom stereocenters. The second kappa shape index (κ2) is 9.71. The number of allylic oxidation sites excluding steroid dienone is 1. The second-order valence-electron chi connectivity index (χ2n) is 12.2. The van der Waals surface area contributed by atoms with Gasteiger partial charge in [0.15, 0.2) is 0 Å². The van der Waals surface area contributed by atoms with Gasteiger partial charge in [-0.15, -0.1) is 11.3 Å². The molecule has 1 aliphatic rings. The molecule has 0 saturated heterocycles. The molecule has 0 saturated carbocycles. The van der Waals surface area contributed by atoms with Gasteiger partial charge in [-0.25, -0.2) is 0 Å². The van der Waals surface area contributed by atoms with Gasteiger partial charge in [-0.3, -0.25) is 0 Å². The molecule has 3 nitrogen and oxygen atoms in total. The summed E-state index contributed by atoms with van der Waals surface area (Å²) in [5, 5.41) is 7.31. The highest BCUT2D eigenvalue weighted by Gasteiger charge is 2.27. The van der Waals surface area contributed by atoms with Crippen LogP contribution in [0.3, 0.4) is 0 Å². The monoisotopic (exact) mass is 608 g/mol. The minimum Gasteiger partial charge on any atom is -0.456 e. The van der Waals surface area contributed by atoms with Crippen LogP contribution in [0.4, 0.5) is 11.4 Å². The minimum absolute atomic E-state index is 0.123. The Bertz CT molecular complexity index is 2770. The molecule has 0 amide bonds. The average molecular weight is 609 g/mol.